The maximum Gasteiger partial charge on any atom is 0.128 e. The van der Waals surface area contributed by atoms with Crippen LogP contribution in [0.1, 0.15) is 19.3 Å². The summed E-state index contributed by atoms with van der Waals surface area (Å²) in [5.41, 5.74) is 0. The van der Waals surface area contributed by atoms with Crippen molar-refractivity contribution in [2.45, 2.75) is 19.3 Å². The molecule has 0 aliphatic carbocycles. The van der Waals surface area contributed by atoms with Crippen molar-refractivity contribution in [2.24, 2.45) is 5.92 Å². The molecule has 1 aliphatic heterocycles. The molecule has 2 rings (SSSR count). The van der Waals surface area contributed by atoms with Crippen molar-refractivity contribution in [2.75, 3.05) is 38.6 Å². The van der Waals surface area contributed by atoms with Gasteiger partial charge in [0.05, 0.1) is 0 Å². The molecule has 0 unspecified atom stereocenters. The molecule has 100 valence electrons. The summed E-state index contributed by atoms with van der Waals surface area (Å²) in [6.07, 6.45) is 5.83. The van der Waals surface area contributed by atoms with Crippen molar-refractivity contribution in [1.29, 1.82) is 0 Å². The van der Waals surface area contributed by atoms with E-state index in [0.29, 0.717) is 0 Å². The Morgan fingerprint density at radius 2 is 2.11 bits per heavy atom. The first-order valence-corrected chi connectivity index (χ1v) is 7.45. The van der Waals surface area contributed by atoms with E-state index in [0.717, 1.165) is 22.8 Å². The predicted octanol–water partition coefficient (Wildman–Crippen LogP) is 3.01. The summed E-state index contributed by atoms with van der Waals surface area (Å²) < 4.78 is 1.04. The zero-order chi connectivity index (χ0) is 13.0. The molecular formula is C14H22BrN3. The van der Waals surface area contributed by atoms with Gasteiger partial charge in [-0.3, -0.25) is 0 Å². The van der Waals surface area contributed by atoms with Crippen molar-refractivity contribution in [3.05, 3.63) is 22.8 Å². The van der Waals surface area contributed by atoms with Crippen LogP contribution in [-0.4, -0.2) is 43.6 Å². The quantitative estimate of drug-likeness (QED) is 0.852. The average molecular weight is 312 g/mol. The lowest BCUT2D eigenvalue weighted by Crippen LogP contribution is -2.32. The van der Waals surface area contributed by atoms with Crippen molar-refractivity contribution in [1.82, 2.24) is 9.88 Å². The highest BCUT2D eigenvalue weighted by atomic mass is 79.9. The van der Waals surface area contributed by atoms with Gasteiger partial charge in [-0.2, -0.15) is 0 Å². The van der Waals surface area contributed by atoms with E-state index in [9.17, 15) is 0 Å². The third kappa shape index (κ3) is 3.95. The first kappa shape index (κ1) is 13.8. The summed E-state index contributed by atoms with van der Waals surface area (Å²) in [5, 5.41) is 0. The highest BCUT2D eigenvalue weighted by Crippen LogP contribution is 2.21. The van der Waals surface area contributed by atoms with Crippen LogP contribution in [0.4, 0.5) is 5.82 Å². The smallest absolute Gasteiger partial charge is 0.128 e. The second-order valence-electron chi connectivity index (χ2n) is 5.29. The summed E-state index contributed by atoms with van der Waals surface area (Å²) in [6, 6.07) is 4.12. The molecule has 1 aromatic rings. The Kier molecular flexibility index (Phi) is 5.01. The number of halogens is 1. The Morgan fingerprint density at radius 1 is 1.39 bits per heavy atom. The zero-order valence-electron chi connectivity index (χ0n) is 11.3. The fraction of sp³-hybridized carbons (Fsp3) is 0.643. The lowest BCUT2D eigenvalue weighted by atomic mass is 9.94. The number of rotatable bonds is 4. The van der Waals surface area contributed by atoms with Gasteiger partial charge in [-0.05, 0) is 73.4 Å². The Balaban J connectivity index is 1.77. The molecular weight excluding hydrogens is 290 g/mol. The van der Waals surface area contributed by atoms with Gasteiger partial charge in [0.1, 0.15) is 5.82 Å². The Hall–Kier alpha value is -0.610. The van der Waals surface area contributed by atoms with Gasteiger partial charge in [-0.1, -0.05) is 0 Å². The molecule has 0 radical (unpaired) electrons. The SMILES string of the molecule is CN1CCC(CCN(C)c2ccc(Br)cn2)CC1. The second kappa shape index (κ2) is 6.53. The Bertz CT molecular complexity index is 358. The molecule has 1 fully saturated rings. The molecule has 4 heteroatoms. The van der Waals surface area contributed by atoms with E-state index in [2.05, 4.69) is 56.9 Å². The van der Waals surface area contributed by atoms with E-state index in [1.807, 2.05) is 6.20 Å². The number of piperidine rings is 1. The van der Waals surface area contributed by atoms with Crippen LogP contribution in [-0.2, 0) is 0 Å². The van der Waals surface area contributed by atoms with Crippen LogP contribution in [0.5, 0.6) is 0 Å². The molecule has 0 amide bonds. The molecule has 0 atom stereocenters. The minimum absolute atomic E-state index is 0.888. The molecule has 0 aromatic carbocycles. The van der Waals surface area contributed by atoms with Gasteiger partial charge in [-0.25, -0.2) is 4.98 Å². The summed E-state index contributed by atoms with van der Waals surface area (Å²) >= 11 is 3.42. The van der Waals surface area contributed by atoms with Gasteiger partial charge in [0, 0.05) is 24.3 Å². The highest BCUT2D eigenvalue weighted by Gasteiger charge is 2.17. The largest absolute Gasteiger partial charge is 0.360 e. The van der Waals surface area contributed by atoms with Gasteiger partial charge in [-0.15, -0.1) is 0 Å². The molecule has 2 heterocycles. The lowest BCUT2D eigenvalue weighted by Gasteiger charge is -2.30. The maximum atomic E-state index is 4.42. The first-order chi connectivity index (χ1) is 8.65. The summed E-state index contributed by atoms with van der Waals surface area (Å²) in [6.45, 7) is 3.61. The van der Waals surface area contributed by atoms with E-state index in [1.165, 1.54) is 32.4 Å². The van der Waals surface area contributed by atoms with Gasteiger partial charge in [0.15, 0.2) is 0 Å². The molecule has 1 aliphatic rings. The Labute approximate surface area is 118 Å². The number of hydrogen-bond donors (Lipinski definition) is 0. The number of anilines is 1. The molecule has 0 bridgehead atoms. The topological polar surface area (TPSA) is 19.4 Å². The first-order valence-electron chi connectivity index (χ1n) is 6.66. The van der Waals surface area contributed by atoms with Crippen molar-refractivity contribution in [3.63, 3.8) is 0 Å². The summed E-state index contributed by atoms with van der Waals surface area (Å²) in [4.78, 5) is 9.11. The maximum absolute atomic E-state index is 4.42. The van der Waals surface area contributed by atoms with Crippen LogP contribution < -0.4 is 4.90 Å². The third-order valence-corrected chi connectivity index (χ3v) is 4.28. The molecule has 3 nitrogen and oxygen atoms in total. The second-order valence-corrected chi connectivity index (χ2v) is 6.21. The van der Waals surface area contributed by atoms with E-state index in [-0.39, 0.29) is 0 Å². The number of hydrogen-bond acceptors (Lipinski definition) is 3. The highest BCUT2D eigenvalue weighted by molar-refractivity contribution is 9.10. The zero-order valence-corrected chi connectivity index (χ0v) is 12.9. The minimum atomic E-state index is 0.888. The standard InChI is InChI=1S/C14H22BrN3/c1-17-8-5-12(6-9-17)7-10-18(2)14-4-3-13(15)11-16-14/h3-4,11-12H,5-10H2,1-2H3. The molecule has 1 saturated heterocycles. The van der Waals surface area contributed by atoms with Crippen LogP contribution in [0.2, 0.25) is 0 Å². The fourth-order valence-electron chi connectivity index (χ4n) is 2.44. The average Bonchev–Trinajstić information content (AvgIpc) is 2.38. The molecule has 0 saturated carbocycles. The third-order valence-electron chi connectivity index (χ3n) is 3.81. The van der Waals surface area contributed by atoms with Crippen molar-refractivity contribution in [3.8, 4) is 0 Å². The van der Waals surface area contributed by atoms with Crippen LogP contribution in [0.3, 0.4) is 0 Å². The Morgan fingerprint density at radius 3 is 2.72 bits per heavy atom. The normalized spacial score (nSPS) is 17.9. The molecule has 18 heavy (non-hydrogen) atoms. The lowest BCUT2D eigenvalue weighted by molar-refractivity contribution is 0.213. The molecule has 0 N–H and O–H groups in total. The van der Waals surface area contributed by atoms with Crippen LogP contribution in [0.15, 0.2) is 22.8 Å². The van der Waals surface area contributed by atoms with Crippen LogP contribution in [0, 0.1) is 5.92 Å². The summed E-state index contributed by atoms with van der Waals surface area (Å²) in [7, 11) is 4.35. The van der Waals surface area contributed by atoms with Gasteiger partial charge >= 0.3 is 0 Å². The molecule has 1 aromatic heterocycles. The van der Waals surface area contributed by atoms with E-state index in [1.54, 1.807) is 0 Å². The van der Waals surface area contributed by atoms with Crippen LogP contribution >= 0.6 is 15.9 Å². The number of aromatic nitrogens is 1. The van der Waals surface area contributed by atoms with E-state index in [4.69, 9.17) is 0 Å². The van der Waals surface area contributed by atoms with Gasteiger partial charge in [0.25, 0.3) is 0 Å². The number of nitrogens with zero attached hydrogens (tertiary/aromatic N) is 3. The minimum Gasteiger partial charge on any atom is -0.360 e. The number of pyridine rings is 1. The fourth-order valence-corrected chi connectivity index (χ4v) is 2.67. The van der Waals surface area contributed by atoms with Crippen molar-refractivity contribution >= 4 is 21.7 Å². The van der Waals surface area contributed by atoms with E-state index >= 15 is 0 Å². The van der Waals surface area contributed by atoms with Crippen molar-refractivity contribution < 1.29 is 0 Å². The molecule has 0 spiro atoms. The number of likely N-dealkylation sites (tertiary alicyclic amines) is 1. The monoisotopic (exact) mass is 311 g/mol. The van der Waals surface area contributed by atoms with Crippen LogP contribution in [0.25, 0.3) is 0 Å². The van der Waals surface area contributed by atoms with Gasteiger partial charge in [0.2, 0.25) is 0 Å². The predicted molar refractivity (Wildman–Crippen MR) is 80.0 cm³/mol. The van der Waals surface area contributed by atoms with Gasteiger partial charge < -0.3 is 9.80 Å². The van der Waals surface area contributed by atoms with E-state index < -0.39 is 0 Å². The summed E-state index contributed by atoms with van der Waals surface area (Å²) in [5.74, 6) is 1.95.